The molecule has 0 bridgehead atoms. The summed E-state index contributed by atoms with van der Waals surface area (Å²) in [5.74, 6) is 0. The first-order valence-electron chi connectivity index (χ1n) is 34.0. The molecule has 2 heteroatoms. The minimum absolute atomic E-state index is 0.114. The Hall–Kier alpha value is -12.1. The first-order valence-corrected chi connectivity index (χ1v) is 34.0. The molecular formula is C95H66N2. The van der Waals surface area contributed by atoms with Gasteiger partial charge in [-0.1, -0.05) is 317 Å². The van der Waals surface area contributed by atoms with E-state index in [-0.39, 0.29) is 10.8 Å². The lowest BCUT2D eigenvalue weighted by atomic mass is 9.70. The van der Waals surface area contributed by atoms with Gasteiger partial charge in [-0.05, 0) is 183 Å². The second kappa shape index (κ2) is 22.0. The maximum Gasteiger partial charge on any atom is 0.0726 e. The van der Waals surface area contributed by atoms with E-state index in [1.807, 2.05) is 0 Å². The predicted molar refractivity (Wildman–Crippen MR) is 403 cm³/mol. The second-order valence-electron chi connectivity index (χ2n) is 26.9. The SMILES string of the molecule is CC1(C)c2ccccc2-c2ccc(N(c3ccc(-c4ccccc4)cc3)c3cccc4c3-c3ccccc3C43c4ccccc4-c4ccccc43)cc21.c1ccc(-c2ccc(N(c3ccccc3)c3cccc4c3-c3ccccc3C43c4ccccc4-c4ccccc43)cc2)cc1. The molecule has 0 aliphatic heterocycles. The van der Waals surface area contributed by atoms with Crippen LogP contribution in [0, 0.1) is 0 Å². The summed E-state index contributed by atoms with van der Waals surface area (Å²) in [5.41, 5.74) is 37.7. The van der Waals surface area contributed by atoms with Crippen molar-refractivity contribution in [1.82, 2.24) is 0 Å². The van der Waals surface area contributed by atoms with Crippen LogP contribution < -0.4 is 9.80 Å². The summed E-state index contributed by atoms with van der Waals surface area (Å²) in [7, 11) is 0. The molecule has 456 valence electrons. The fraction of sp³-hybridized carbons (Fsp3) is 0.0526. The Morgan fingerprint density at radius 1 is 0.186 bits per heavy atom. The quantitative estimate of drug-likeness (QED) is 0.150. The van der Waals surface area contributed by atoms with Crippen LogP contribution in [0.5, 0.6) is 0 Å². The first kappa shape index (κ1) is 56.4. The van der Waals surface area contributed by atoms with Crippen LogP contribution in [-0.2, 0) is 16.2 Å². The molecule has 15 aromatic rings. The molecule has 5 aliphatic rings. The van der Waals surface area contributed by atoms with Crippen LogP contribution >= 0.6 is 0 Å². The summed E-state index contributed by atoms with van der Waals surface area (Å²) >= 11 is 0. The zero-order valence-electron chi connectivity index (χ0n) is 54.0. The highest BCUT2D eigenvalue weighted by molar-refractivity contribution is 6.04. The van der Waals surface area contributed by atoms with E-state index in [0.29, 0.717) is 0 Å². The topological polar surface area (TPSA) is 6.48 Å². The molecule has 5 aliphatic carbocycles. The summed E-state index contributed by atoms with van der Waals surface area (Å²) in [6.07, 6.45) is 0. The minimum atomic E-state index is -0.403. The molecule has 0 radical (unpaired) electrons. The number of benzene rings is 15. The molecule has 15 aromatic carbocycles. The Balaban J connectivity index is 0.000000139. The van der Waals surface area contributed by atoms with Gasteiger partial charge in [0.05, 0.1) is 22.2 Å². The summed E-state index contributed by atoms with van der Waals surface area (Å²) in [6.45, 7) is 4.74. The number of anilines is 6. The van der Waals surface area contributed by atoms with Gasteiger partial charge in [-0.3, -0.25) is 0 Å². The number of rotatable bonds is 8. The van der Waals surface area contributed by atoms with Gasteiger partial charge in [-0.2, -0.15) is 0 Å². The smallest absolute Gasteiger partial charge is 0.0726 e. The summed E-state index contributed by atoms with van der Waals surface area (Å²) in [4.78, 5) is 4.94. The summed E-state index contributed by atoms with van der Waals surface area (Å²) in [6, 6.07) is 134. The van der Waals surface area contributed by atoms with Crippen LogP contribution in [0.25, 0.3) is 77.9 Å². The Bertz CT molecular complexity index is 5520. The van der Waals surface area contributed by atoms with Gasteiger partial charge in [0.25, 0.3) is 0 Å². The third kappa shape index (κ3) is 8.20. The van der Waals surface area contributed by atoms with Gasteiger partial charge in [0.2, 0.25) is 0 Å². The van der Waals surface area contributed by atoms with Crippen molar-refractivity contribution in [3.05, 3.63) is 420 Å². The average Bonchev–Trinajstić information content (AvgIpc) is 1.52. The van der Waals surface area contributed by atoms with Gasteiger partial charge < -0.3 is 9.80 Å². The lowest BCUT2D eigenvalue weighted by molar-refractivity contribution is 0.660. The molecule has 0 saturated carbocycles. The maximum atomic E-state index is 2.51. The Morgan fingerprint density at radius 2 is 0.454 bits per heavy atom. The van der Waals surface area contributed by atoms with Crippen LogP contribution in [0.4, 0.5) is 34.1 Å². The van der Waals surface area contributed by atoms with Gasteiger partial charge >= 0.3 is 0 Å². The van der Waals surface area contributed by atoms with Crippen molar-refractivity contribution in [2.75, 3.05) is 9.80 Å². The molecule has 0 heterocycles. The van der Waals surface area contributed by atoms with E-state index in [1.54, 1.807) is 0 Å². The number of hydrogen-bond acceptors (Lipinski definition) is 2. The van der Waals surface area contributed by atoms with Crippen LogP contribution in [0.1, 0.15) is 69.5 Å². The van der Waals surface area contributed by atoms with Crippen molar-refractivity contribution in [3.63, 3.8) is 0 Å². The van der Waals surface area contributed by atoms with E-state index in [4.69, 9.17) is 0 Å². The molecule has 2 spiro atoms. The molecule has 97 heavy (non-hydrogen) atoms. The largest absolute Gasteiger partial charge is 0.310 e. The lowest BCUT2D eigenvalue weighted by Gasteiger charge is -2.32. The maximum absolute atomic E-state index is 2.51. The van der Waals surface area contributed by atoms with Crippen LogP contribution in [0.3, 0.4) is 0 Å². The van der Waals surface area contributed by atoms with E-state index >= 15 is 0 Å². The lowest BCUT2D eigenvalue weighted by Crippen LogP contribution is -2.26. The molecule has 0 atom stereocenters. The molecule has 0 fully saturated rings. The number of hydrogen-bond donors (Lipinski definition) is 0. The zero-order valence-corrected chi connectivity index (χ0v) is 54.0. The molecule has 0 unspecified atom stereocenters. The van der Waals surface area contributed by atoms with Crippen molar-refractivity contribution >= 4 is 34.1 Å². The minimum Gasteiger partial charge on any atom is -0.310 e. The highest BCUT2D eigenvalue weighted by Crippen LogP contribution is 2.67. The van der Waals surface area contributed by atoms with Crippen LogP contribution in [-0.4, -0.2) is 0 Å². The van der Waals surface area contributed by atoms with E-state index in [9.17, 15) is 0 Å². The van der Waals surface area contributed by atoms with Crippen molar-refractivity contribution in [2.45, 2.75) is 30.1 Å². The van der Waals surface area contributed by atoms with Crippen molar-refractivity contribution in [2.24, 2.45) is 0 Å². The number of para-hydroxylation sites is 1. The van der Waals surface area contributed by atoms with E-state index < -0.39 is 5.41 Å². The summed E-state index contributed by atoms with van der Waals surface area (Å²) < 4.78 is 0. The Labute approximate surface area is 568 Å². The Morgan fingerprint density at radius 3 is 0.856 bits per heavy atom. The first-order chi connectivity index (χ1) is 47.9. The highest BCUT2D eigenvalue weighted by atomic mass is 15.2. The molecule has 0 saturated heterocycles. The highest BCUT2D eigenvalue weighted by Gasteiger charge is 2.54. The fourth-order valence-electron chi connectivity index (χ4n) is 17.8. The fourth-order valence-corrected chi connectivity index (χ4v) is 17.8. The third-order valence-corrected chi connectivity index (χ3v) is 21.8. The molecule has 0 aromatic heterocycles. The molecular weight excluding hydrogens is 1170 g/mol. The third-order valence-electron chi connectivity index (χ3n) is 21.8. The van der Waals surface area contributed by atoms with Gasteiger partial charge in [0, 0.05) is 39.3 Å². The van der Waals surface area contributed by atoms with Crippen LogP contribution in [0.2, 0.25) is 0 Å². The number of fused-ring (bicyclic) bond motifs is 23. The second-order valence-corrected chi connectivity index (χ2v) is 26.9. The molecule has 20 rings (SSSR count). The van der Waals surface area contributed by atoms with Crippen LogP contribution in [0.15, 0.2) is 364 Å². The number of nitrogens with zero attached hydrogens (tertiary/aromatic N) is 2. The van der Waals surface area contributed by atoms with Gasteiger partial charge in [-0.25, -0.2) is 0 Å². The van der Waals surface area contributed by atoms with Gasteiger partial charge in [0.15, 0.2) is 0 Å². The van der Waals surface area contributed by atoms with Gasteiger partial charge in [-0.15, -0.1) is 0 Å². The van der Waals surface area contributed by atoms with Crippen molar-refractivity contribution in [1.29, 1.82) is 0 Å². The molecule has 0 N–H and O–H groups in total. The molecule has 2 nitrogen and oxygen atoms in total. The summed E-state index contributed by atoms with van der Waals surface area (Å²) in [5, 5.41) is 0. The normalized spacial score (nSPS) is 13.9. The van der Waals surface area contributed by atoms with Crippen molar-refractivity contribution < 1.29 is 0 Å². The zero-order chi connectivity index (χ0) is 64.4. The van der Waals surface area contributed by atoms with E-state index in [0.717, 1.165) is 22.7 Å². The van der Waals surface area contributed by atoms with Gasteiger partial charge in [0.1, 0.15) is 0 Å². The van der Waals surface area contributed by atoms with E-state index in [1.165, 1.54) is 145 Å². The predicted octanol–water partition coefficient (Wildman–Crippen LogP) is 24.6. The standard InChI is InChI=1S/C52H37N.C43H29N/c1-51(2)43-21-10-6-17-38(43)41-32-31-37(33-48(41)51)53(36-29-27-35(28-30-36)34-15-4-3-5-16-34)49-26-14-25-47-50(49)42-20-9-13-24-46(42)52(47)44-22-11-7-18-39(44)40-19-8-12-23-45(40)52;1-3-14-30(15-4-1)31-26-28-33(29-27-31)44(32-16-5-2-6-17-32)41-25-13-24-40-42(41)36-20-9-12-23-39(36)43(40)37-21-10-7-18-34(37)35-19-8-11-22-38(35)43/h3-33H,1-2H3;1-29H. The molecule has 0 amide bonds. The average molecular weight is 1240 g/mol. The monoisotopic (exact) mass is 1230 g/mol. The Kier molecular flexibility index (Phi) is 12.8. The van der Waals surface area contributed by atoms with E-state index in [2.05, 4.69) is 388 Å². The van der Waals surface area contributed by atoms with Crippen molar-refractivity contribution in [3.8, 4) is 77.9 Å².